The first-order valence-corrected chi connectivity index (χ1v) is 6.11. The molecule has 0 bridgehead atoms. The highest BCUT2D eigenvalue weighted by molar-refractivity contribution is 5.82. The van der Waals surface area contributed by atoms with Gasteiger partial charge in [0.2, 0.25) is 0 Å². The van der Waals surface area contributed by atoms with Crippen LogP contribution in [0.1, 0.15) is 27.2 Å². The van der Waals surface area contributed by atoms with Crippen LogP contribution in [-0.2, 0) is 9.53 Å². The van der Waals surface area contributed by atoms with E-state index in [9.17, 15) is 18.4 Å². The maximum absolute atomic E-state index is 13.6. The summed E-state index contributed by atoms with van der Waals surface area (Å²) in [7, 11) is 0. The van der Waals surface area contributed by atoms with Gasteiger partial charge in [0.1, 0.15) is 11.0 Å². The molecule has 0 aromatic rings. The van der Waals surface area contributed by atoms with Gasteiger partial charge in [-0.25, -0.2) is 13.6 Å². The molecule has 1 N–H and O–H groups in total. The van der Waals surface area contributed by atoms with E-state index in [1.165, 1.54) is 0 Å². The Morgan fingerprint density at radius 1 is 1.37 bits per heavy atom. The van der Waals surface area contributed by atoms with Gasteiger partial charge >= 0.3 is 12.1 Å². The van der Waals surface area contributed by atoms with E-state index in [1.807, 2.05) is 0 Å². The second-order valence-corrected chi connectivity index (χ2v) is 6.13. The van der Waals surface area contributed by atoms with Crippen molar-refractivity contribution in [3.8, 4) is 0 Å². The molecule has 0 spiro atoms. The molecule has 1 amide bonds. The first-order chi connectivity index (χ1) is 8.52. The summed E-state index contributed by atoms with van der Waals surface area (Å²) in [6, 6.07) is 0. The van der Waals surface area contributed by atoms with Crippen LogP contribution in [0.5, 0.6) is 0 Å². The lowest BCUT2D eigenvalue weighted by Gasteiger charge is -2.30. The quantitative estimate of drug-likeness (QED) is 0.795. The van der Waals surface area contributed by atoms with Crippen LogP contribution < -0.4 is 0 Å². The zero-order valence-electron chi connectivity index (χ0n) is 11.1. The molecule has 1 saturated heterocycles. The average Bonchev–Trinajstić information content (AvgIpc) is 2.74. The van der Waals surface area contributed by atoms with Crippen molar-refractivity contribution in [2.45, 2.75) is 38.7 Å². The monoisotopic (exact) mass is 277 g/mol. The van der Waals surface area contributed by atoms with Crippen molar-refractivity contribution in [3.63, 3.8) is 0 Å². The topological polar surface area (TPSA) is 66.8 Å². The van der Waals surface area contributed by atoms with E-state index in [2.05, 4.69) is 0 Å². The van der Waals surface area contributed by atoms with Crippen LogP contribution >= 0.6 is 0 Å². The van der Waals surface area contributed by atoms with Crippen LogP contribution in [0.15, 0.2) is 0 Å². The number of hydrogen-bond acceptors (Lipinski definition) is 3. The van der Waals surface area contributed by atoms with E-state index in [0.717, 1.165) is 4.90 Å². The van der Waals surface area contributed by atoms with Crippen molar-refractivity contribution in [1.82, 2.24) is 4.90 Å². The number of piperidine rings is 1. The third kappa shape index (κ3) is 1.95. The van der Waals surface area contributed by atoms with E-state index >= 15 is 0 Å². The molecule has 19 heavy (non-hydrogen) atoms. The van der Waals surface area contributed by atoms with Crippen molar-refractivity contribution in [3.05, 3.63) is 0 Å². The molecule has 108 valence electrons. The van der Waals surface area contributed by atoms with Crippen LogP contribution in [0.3, 0.4) is 0 Å². The molecule has 1 aliphatic heterocycles. The number of nitrogens with zero attached hydrogens (tertiary/aromatic N) is 1. The molecule has 7 heteroatoms. The predicted molar refractivity (Wildman–Crippen MR) is 60.9 cm³/mol. The Balaban J connectivity index is 2.06. The van der Waals surface area contributed by atoms with Crippen LogP contribution in [-0.4, -0.2) is 46.7 Å². The Morgan fingerprint density at radius 2 is 1.95 bits per heavy atom. The minimum Gasteiger partial charge on any atom is -0.481 e. The summed E-state index contributed by atoms with van der Waals surface area (Å²) in [5.41, 5.74) is -2.68. The van der Waals surface area contributed by atoms with Gasteiger partial charge in [-0.05, 0) is 27.2 Å². The molecular formula is C12H17F2NO4. The number of carbonyl (C=O) groups is 2. The second-order valence-electron chi connectivity index (χ2n) is 6.13. The van der Waals surface area contributed by atoms with Crippen molar-refractivity contribution < 1.29 is 28.2 Å². The Bertz CT molecular complexity index is 432. The molecule has 1 saturated carbocycles. The Kier molecular flexibility index (Phi) is 2.80. The normalized spacial score (nSPS) is 32.5. The number of amides is 1. The summed E-state index contributed by atoms with van der Waals surface area (Å²) in [5, 5.41) is 8.97. The summed E-state index contributed by atoms with van der Waals surface area (Å²) in [4.78, 5) is 24.0. The van der Waals surface area contributed by atoms with Crippen molar-refractivity contribution in [2.24, 2.45) is 11.3 Å². The van der Waals surface area contributed by atoms with E-state index in [1.54, 1.807) is 20.8 Å². The number of carboxylic acids is 1. The number of ether oxygens (including phenoxy) is 1. The fourth-order valence-corrected chi connectivity index (χ4v) is 2.66. The first kappa shape index (κ1) is 14.0. The van der Waals surface area contributed by atoms with Crippen molar-refractivity contribution >= 4 is 12.1 Å². The molecule has 0 radical (unpaired) electrons. The zero-order valence-corrected chi connectivity index (χ0v) is 11.1. The minimum atomic E-state index is -3.24. The lowest BCUT2D eigenvalue weighted by atomic mass is 9.95. The molecule has 2 fully saturated rings. The minimum absolute atomic E-state index is 0.0205. The molecule has 0 aromatic carbocycles. The van der Waals surface area contributed by atoms with Crippen LogP contribution in [0.2, 0.25) is 0 Å². The smallest absolute Gasteiger partial charge is 0.410 e. The van der Waals surface area contributed by atoms with E-state index < -0.39 is 34.9 Å². The number of rotatable bonds is 1. The number of alkyl halides is 2. The molecule has 0 unspecified atom stereocenters. The van der Waals surface area contributed by atoms with Gasteiger partial charge in [-0.1, -0.05) is 0 Å². The number of likely N-dealkylation sites (tertiary alicyclic amines) is 1. The molecular weight excluding hydrogens is 260 g/mol. The summed E-state index contributed by atoms with van der Waals surface area (Å²) in [6.07, 6.45) is -0.909. The van der Waals surface area contributed by atoms with Crippen LogP contribution in [0.25, 0.3) is 0 Å². The van der Waals surface area contributed by atoms with Crippen LogP contribution in [0, 0.1) is 11.3 Å². The van der Waals surface area contributed by atoms with Gasteiger partial charge in [0.25, 0.3) is 5.92 Å². The molecule has 2 rings (SSSR count). The van der Waals surface area contributed by atoms with E-state index in [0.29, 0.717) is 0 Å². The molecule has 5 nitrogen and oxygen atoms in total. The third-order valence-corrected chi connectivity index (χ3v) is 3.76. The largest absolute Gasteiger partial charge is 0.481 e. The molecule has 2 atom stereocenters. The maximum Gasteiger partial charge on any atom is 0.410 e. The van der Waals surface area contributed by atoms with Gasteiger partial charge in [0.15, 0.2) is 0 Å². The molecule has 2 aliphatic rings. The van der Waals surface area contributed by atoms with Crippen LogP contribution in [0.4, 0.5) is 13.6 Å². The van der Waals surface area contributed by atoms with Crippen molar-refractivity contribution in [1.29, 1.82) is 0 Å². The summed E-state index contributed by atoms with van der Waals surface area (Å²) in [6.45, 7) is 4.76. The Hall–Kier alpha value is -1.40. The molecule has 1 heterocycles. The fourth-order valence-electron chi connectivity index (χ4n) is 2.66. The van der Waals surface area contributed by atoms with Gasteiger partial charge in [-0.3, -0.25) is 4.79 Å². The van der Waals surface area contributed by atoms with Gasteiger partial charge in [0.05, 0.1) is 5.92 Å². The standard InChI is InChI=1S/C12H17F2NO4/c1-10(2,3)19-9(18)15-5-4-11(8(16)17)7(6-15)12(11,13)14/h7H,4-6H2,1-3H3,(H,16,17)/t7-,11+/m1/s1. The fraction of sp³-hybridized carbons (Fsp3) is 0.833. The number of carboxylic acid groups (broad SMARTS) is 1. The van der Waals surface area contributed by atoms with Gasteiger partial charge in [-0.15, -0.1) is 0 Å². The lowest BCUT2D eigenvalue weighted by molar-refractivity contribution is -0.149. The van der Waals surface area contributed by atoms with Gasteiger partial charge in [0, 0.05) is 13.1 Å². The highest BCUT2D eigenvalue weighted by Gasteiger charge is 2.86. The third-order valence-electron chi connectivity index (χ3n) is 3.76. The van der Waals surface area contributed by atoms with Crippen molar-refractivity contribution in [2.75, 3.05) is 13.1 Å². The number of hydrogen-bond donors (Lipinski definition) is 1. The highest BCUT2D eigenvalue weighted by atomic mass is 19.3. The average molecular weight is 277 g/mol. The lowest BCUT2D eigenvalue weighted by Crippen LogP contribution is -2.43. The zero-order chi connectivity index (χ0) is 14.6. The maximum atomic E-state index is 13.6. The summed E-state index contributed by atoms with van der Waals surface area (Å²) < 4.78 is 32.3. The predicted octanol–water partition coefficient (Wildman–Crippen LogP) is 1.96. The number of carbonyl (C=O) groups excluding carboxylic acids is 1. The SMILES string of the molecule is CC(C)(C)OC(=O)N1CC[C@@]2(C(=O)O)[C@@H](C1)C2(F)F. The number of aliphatic carboxylic acids is 1. The van der Waals surface area contributed by atoms with Gasteiger partial charge < -0.3 is 14.7 Å². The number of fused-ring (bicyclic) bond motifs is 1. The summed E-state index contributed by atoms with van der Waals surface area (Å²) in [5.74, 6) is -6.03. The summed E-state index contributed by atoms with van der Waals surface area (Å²) >= 11 is 0. The molecule has 1 aliphatic carbocycles. The Morgan fingerprint density at radius 3 is 2.37 bits per heavy atom. The number of halogens is 2. The highest BCUT2D eigenvalue weighted by Crippen LogP contribution is 2.69. The Labute approximate surface area is 109 Å². The van der Waals surface area contributed by atoms with E-state index in [4.69, 9.17) is 9.84 Å². The van der Waals surface area contributed by atoms with E-state index in [-0.39, 0.29) is 19.5 Å². The van der Waals surface area contributed by atoms with Gasteiger partial charge in [-0.2, -0.15) is 0 Å². The molecule has 0 aromatic heterocycles. The first-order valence-electron chi connectivity index (χ1n) is 6.11. The second kappa shape index (κ2) is 3.80.